The largest absolute Gasteiger partial charge is 0.445 e. The molecule has 2 amide bonds. The van der Waals surface area contributed by atoms with Crippen LogP contribution in [0.1, 0.15) is 24.5 Å². The number of amides is 2. The normalized spacial score (nSPS) is 11.7. The first-order valence-corrected chi connectivity index (χ1v) is 9.52. The predicted molar refractivity (Wildman–Crippen MR) is 110 cm³/mol. The maximum absolute atomic E-state index is 12.1. The van der Waals surface area contributed by atoms with Gasteiger partial charge in [0.25, 0.3) is 0 Å². The maximum atomic E-state index is 12.1. The van der Waals surface area contributed by atoms with Crippen molar-refractivity contribution in [2.75, 3.05) is 20.1 Å². The quantitative estimate of drug-likeness (QED) is 0.619. The molecule has 0 spiro atoms. The van der Waals surface area contributed by atoms with Gasteiger partial charge in [0.15, 0.2) is 0 Å². The Morgan fingerprint density at radius 1 is 1.00 bits per heavy atom. The lowest BCUT2D eigenvalue weighted by Crippen LogP contribution is -2.45. The zero-order valence-electron chi connectivity index (χ0n) is 16.6. The molecule has 0 heterocycles. The fourth-order valence-corrected chi connectivity index (χ4v) is 2.69. The minimum atomic E-state index is -0.648. The third-order valence-corrected chi connectivity index (χ3v) is 4.25. The van der Waals surface area contributed by atoms with Gasteiger partial charge < -0.3 is 20.3 Å². The Hall–Kier alpha value is -2.86. The molecule has 6 heteroatoms. The minimum absolute atomic E-state index is 0.175. The second kappa shape index (κ2) is 11.8. The standard InChI is InChI=1S/C22H29N3O3/c1-18(24-22(27)28-17-20-12-7-4-8-13-20)21(26)23-14-9-15-25(2)16-19-10-5-3-6-11-19/h3-8,10-13,18H,9,14-17H2,1-2H3,(H,23,26)(H,24,27)/t18-/m0/s1. The van der Waals surface area contributed by atoms with Crippen LogP contribution in [0.4, 0.5) is 4.79 Å². The van der Waals surface area contributed by atoms with Gasteiger partial charge in [0.1, 0.15) is 12.6 Å². The molecule has 150 valence electrons. The summed E-state index contributed by atoms with van der Waals surface area (Å²) in [5.41, 5.74) is 2.16. The van der Waals surface area contributed by atoms with Crippen LogP contribution in [-0.4, -0.2) is 43.1 Å². The Kier molecular flexibility index (Phi) is 9.01. The molecule has 0 saturated heterocycles. The van der Waals surface area contributed by atoms with Crippen LogP contribution in [0.5, 0.6) is 0 Å². The topological polar surface area (TPSA) is 70.7 Å². The third-order valence-electron chi connectivity index (χ3n) is 4.25. The highest BCUT2D eigenvalue weighted by molar-refractivity contribution is 5.85. The van der Waals surface area contributed by atoms with Crippen molar-refractivity contribution in [2.24, 2.45) is 0 Å². The maximum Gasteiger partial charge on any atom is 0.408 e. The van der Waals surface area contributed by atoms with Gasteiger partial charge in [-0.15, -0.1) is 0 Å². The molecule has 0 aliphatic heterocycles. The third kappa shape index (κ3) is 8.22. The fourth-order valence-electron chi connectivity index (χ4n) is 2.69. The lowest BCUT2D eigenvalue weighted by atomic mass is 10.2. The second-order valence-corrected chi connectivity index (χ2v) is 6.80. The predicted octanol–water partition coefficient (Wildman–Crippen LogP) is 2.94. The smallest absolute Gasteiger partial charge is 0.408 e. The van der Waals surface area contributed by atoms with E-state index in [2.05, 4.69) is 34.7 Å². The van der Waals surface area contributed by atoms with E-state index in [9.17, 15) is 9.59 Å². The number of carbonyl (C=O) groups excluding carboxylic acids is 2. The summed E-state index contributed by atoms with van der Waals surface area (Å²) in [5, 5.41) is 5.39. The van der Waals surface area contributed by atoms with Crippen molar-refractivity contribution >= 4 is 12.0 Å². The van der Waals surface area contributed by atoms with Gasteiger partial charge in [-0.25, -0.2) is 4.79 Å². The summed E-state index contributed by atoms with van der Waals surface area (Å²) in [6.45, 7) is 4.12. The molecule has 0 aliphatic rings. The van der Waals surface area contributed by atoms with Crippen LogP contribution in [0.2, 0.25) is 0 Å². The number of nitrogens with one attached hydrogen (secondary N) is 2. The Balaban J connectivity index is 1.58. The number of ether oxygens (including phenoxy) is 1. The zero-order valence-corrected chi connectivity index (χ0v) is 16.6. The van der Waals surface area contributed by atoms with E-state index in [0.717, 1.165) is 25.1 Å². The number of carbonyl (C=O) groups is 2. The first kappa shape index (κ1) is 21.4. The number of nitrogens with zero attached hydrogens (tertiary/aromatic N) is 1. The number of rotatable bonds is 10. The molecular formula is C22H29N3O3. The molecule has 0 unspecified atom stereocenters. The van der Waals surface area contributed by atoms with Crippen LogP contribution < -0.4 is 10.6 Å². The Morgan fingerprint density at radius 3 is 2.25 bits per heavy atom. The van der Waals surface area contributed by atoms with Gasteiger partial charge in [-0.1, -0.05) is 60.7 Å². The van der Waals surface area contributed by atoms with E-state index >= 15 is 0 Å². The highest BCUT2D eigenvalue weighted by atomic mass is 16.5. The molecule has 2 N–H and O–H groups in total. The molecule has 1 atom stereocenters. The van der Waals surface area contributed by atoms with Crippen LogP contribution in [-0.2, 0) is 22.7 Å². The summed E-state index contributed by atoms with van der Waals surface area (Å²) in [5.74, 6) is -0.220. The first-order chi connectivity index (χ1) is 13.5. The van der Waals surface area contributed by atoms with Gasteiger partial charge >= 0.3 is 6.09 Å². The molecule has 6 nitrogen and oxygen atoms in total. The van der Waals surface area contributed by atoms with Crippen LogP contribution in [0, 0.1) is 0 Å². The highest BCUT2D eigenvalue weighted by Crippen LogP contribution is 2.03. The summed E-state index contributed by atoms with van der Waals surface area (Å²) < 4.78 is 5.13. The van der Waals surface area contributed by atoms with Crippen molar-refractivity contribution in [1.29, 1.82) is 0 Å². The molecule has 0 saturated carbocycles. The van der Waals surface area contributed by atoms with Gasteiger partial charge in [-0.2, -0.15) is 0 Å². The lowest BCUT2D eigenvalue weighted by Gasteiger charge is -2.18. The van der Waals surface area contributed by atoms with E-state index < -0.39 is 12.1 Å². The van der Waals surface area contributed by atoms with Crippen molar-refractivity contribution in [1.82, 2.24) is 15.5 Å². The molecule has 2 aromatic carbocycles. The van der Waals surface area contributed by atoms with Crippen molar-refractivity contribution < 1.29 is 14.3 Å². The fraction of sp³-hybridized carbons (Fsp3) is 0.364. The highest BCUT2D eigenvalue weighted by Gasteiger charge is 2.15. The molecule has 0 radical (unpaired) electrons. The molecule has 0 fully saturated rings. The second-order valence-electron chi connectivity index (χ2n) is 6.80. The molecule has 0 aromatic heterocycles. The van der Waals surface area contributed by atoms with Crippen LogP contribution >= 0.6 is 0 Å². The van der Waals surface area contributed by atoms with Gasteiger partial charge in [-0.3, -0.25) is 4.79 Å². The first-order valence-electron chi connectivity index (χ1n) is 9.52. The van der Waals surface area contributed by atoms with E-state index in [4.69, 9.17) is 4.74 Å². The lowest BCUT2D eigenvalue weighted by molar-refractivity contribution is -0.122. The van der Waals surface area contributed by atoms with E-state index in [1.165, 1.54) is 5.56 Å². The van der Waals surface area contributed by atoms with Gasteiger partial charge in [0.2, 0.25) is 5.91 Å². The monoisotopic (exact) mass is 383 g/mol. The Morgan fingerprint density at radius 2 is 1.61 bits per heavy atom. The Labute approximate surface area is 166 Å². The van der Waals surface area contributed by atoms with Crippen molar-refractivity contribution in [3.63, 3.8) is 0 Å². The molecule has 0 aliphatic carbocycles. The van der Waals surface area contributed by atoms with Crippen LogP contribution in [0.3, 0.4) is 0 Å². The average Bonchev–Trinajstić information content (AvgIpc) is 2.71. The van der Waals surface area contributed by atoms with Crippen LogP contribution in [0.25, 0.3) is 0 Å². The van der Waals surface area contributed by atoms with Crippen molar-refractivity contribution in [3.05, 3.63) is 71.8 Å². The van der Waals surface area contributed by atoms with E-state index in [0.29, 0.717) is 6.54 Å². The van der Waals surface area contributed by atoms with Crippen molar-refractivity contribution in [2.45, 2.75) is 32.5 Å². The summed E-state index contributed by atoms with van der Waals surface area (Å²) in [6, 6.07) is 19.0. The van der Waals surface area contributed by atoms with E-state index in [-0.39, 0.29) is 12.5 Å². The van der Waals surface area contributed by atoms with Gasteiger partial charge in [0, 0.05) is 13.1 Å². The molecular weight excluding hydrogens is 354 g/mol. The molecule has 2 rings (SSSR count). The van der Waals surface area contributed by atoms with Gasteiger partial charge in [0.05, 0.1) is 0 Å². The summed E-state index contributed by atoms with van der Waals surface area (Å²) in [7, 11) is 2.06. The number of benzene rings is 2. The summed E-state index contributed by atoms with van der Waals surface area (Å²) >= 11 is 0. The number of hydrogen-bond acceptors (Lipinski definition) is 4. The molecule has 28 heavy (non-hydrogen) atoms. The van der Waals surface area contributed by atoms with Crippen molar-refractivity contribution in [3.8, 4) is 0 Å². The zero-order chi connectivity index (χ0) is 20.2. The SMILES string of the molecule is C[C@H](NC(=O)OCc1ccccc1)C(=O)NCCCN(C)Cc1ccccc1. The summed E-state index contributed by atoms with van der Waals surface area (Å²) in [4.78, 5) is 26.1. The number of alkyl carbamates (subject to hydrolysis) is 1. The summed E-state index contributed by atoms with van der Waals surface area (Å²) in [6.07, 6.45) is 0.231. The molecule has 2 aromatic rings. The van der Waals surface area contributed by atoms with E-state index in [1.54, 1.807) is 6.92 Å². The van der Waals surface area contributed by atoms with Crippen LogP contribution in [0.15, 0.2) is 60.7 Å². The number of hydrogen-bond donors (Lipinski definition) is 2. The van der Waals surface area contributed by atoms with Gasteiger partial charge in [-0.05, 0) is 38.1 Å². The molecule has 0 bridgehead atoms. The average molecular weight is 383 g/mol. The minimum Gasteiger partial charge on any atom is -0.445 e. The van der Waals surface area contributed by atoms with E-state index in [1.807, 2.05) is 48.5 Å². The Bertz CT molecular complexity index is 722.